The summed E-state index contributed by atoms with van der Waals surface area (Å²) in [4.78, 5) is 31.8. The predicted molar refractivity (Wildman–Crippen MR) is 86.1 cm³/mol. The minimum atomic E-state index is -0.0226. The molecule has 124 valence electrons. The standard InChI is InChI=1S/C17H19N5O2/c1-12(13-2-5-18-6-3-13)21-8-9-22-16(17(21)24)14-10-20(11-23)7-4-15(14)19-22/h2-3,5-6,11-12H,4,7-10H2,1H3. The summed E-state index contributed by atoms with van der Waals surface area (Å²) in [5, 5.41) is 4.59. The molecule has 0 radical (unpaired) electrons. The second-order valence-corrected chi connectivity index (χ2v) is 6.28. The number of carbonyl (C=O) groups is 2. The smallest absolute Gasteiger partial charge is 0.273 e. The fraction of sp³-hybridized carbons (Fsp3) is 0.412. The first-order valence-corrected chi connectivity index (χ1v) is 8.18. The highest BCUT2D eigenvalue weighted by molar-refractivity contribution is 5.95. The first-order chi connectivity index (χ1) is 11.7. The second-order valence-electron chi connectivity index (χ2n) is 6.28. The second kappa shape index (κ2) is 5.74. The van der Waals surface area contributed by atoms with Gasteiger partial charge >= 0.3 is 0 Å². The highest BCUT2D eigenvalue weighted by atomic mass is 16.2. The molecule has 0 saturated heterocycles. The normalized spacial score (nSPS) is 18.1. The molecule has 4 heterocycles. The Balaban J connectivity index is 1.68. The van der Waals surface area contributed by atoms with Crippen LogP contribution in [0, 0.1) is 0 Å². The van der Waals surface area contributed by atoms with E-state index in [1.807, 2.05) is 28.6 Å². The monoisotopic (exact) mass is 325 g/mol. The summed E-state index contributed by atoms with van der Waals surface area (Å²) in [6.07, 6.45) is 5.04. The molecule has 0 fully saturated rings. The van der Waals surface area contributed by atoms with Crippen LogP contribution in [0.4, 0.5) is 0 Å². The third-order valence-corrected chi connectivity index (χ3v) is 4.95. The zero-order valence-electron chi connectivity index (χ0n) is 13.6. The molecule has 0 aliphatic carbocycles. The highest BCUT2D eigenvalue weighted by Crippen LogP contribution is 2.29. The molecule has 7 heteroatoms. The topological polar surface area (TPSA) is 71.3 Å². The van der Waals surface area contributed by atoms with Gasteiger partial charge in [0.25, 0.3) is 5.91 Å². The number of pyridine rings is 1. The molecule has 2 aromatic rings. The first kappa shape index (κ1) is 14.9. The molecule has 0 aromatic carbocycles. The maximum atomic E-state index is 13.1. The molecule has 1 atom stereocenters. The number of carbonyl (C=O) groups excluding carboxylic acids is 2. The number of rotatable bonds is 3. The van der Waals surface area contributed by atoms with E-state index in [2.05, 4.69) is 10.1 Å². The van der Waals surface area contributed by atoms with Gasteiger partial charge < -0.3 is 9.80 Å². The quantitative estimate of drug-likeness (QED) is 0.790. The summed E-state index contributed by atoms with van der Waals surface area (Å²) < 4.78 is 1.82. The van der Waals surface area contributed by atoms with Crippen molar-refractivity contribution in [3.8, 4) is 0 Å². The molecule has 2 amide bonds. The van der Waals surface area contributed by atoms with Crippen LogP contribution in [0.25, 0.3) is 0 Å². The van der Waals surface area contributed by atoms with E-state index in [1.165, 1.54) is 0 Å². The lowest BCUT2D eigenvalue weighted by Crippen LogP contribution is -2.42. The van der Waals surface area contributed by atoms with Crippen LogP contribution in [0.3, 0.4) is 0 Å². The molecule has 0 N–H and O–H groups in total. The van der Waals surface area contributed by atoms with Gasteiger partial charge in [0.15, 0.2) is 0 Å². The summed E-state index contributed by atoms with van der Waals surface area (Å²) in [5.41, 5.74) is 3.57. The van der Waals surface area contributed by atoms with Gasteiger partial charge in [0, 0.05) is 44.0 Å². The number of fused-ring (bicyclic) bond motifs is 3. The first-order valence-electron chi connectivity index (χ1n) is 8.18. The lowest BCUT2D eigenvalue weighted by atomic mass is 10.0. The molecule has 0 bridgehead atoms. The Morgan fingerprint density at radius 3 is 2.75 bits per heavy atom. The average molecular weight is 325 g/mol. The maximum absolute atomic E-state index is 13.1. The Kier molecular flexibility index (Phi) is 3.55. The van der Waals surface area contributed by atoms with Crippen molar-refractivity contribution in [2.75, 3.05) is 13.1 Å². The summed E-state index contributed by atoms with van der Waals surface area (Å²) >= 11 is 0. The molecule has 2 aliphatic heterocycles. The van der Waals surface area contributed by atoms with Crippen LogP contribution >= 0.6 is 0 Å². The van der Waals surface area contributed by atoms with Crippen LogP contribution in [0.1, 0.15) is 40.3 Å². The molecule has 4 rings (SSSR count). The van der Waals surface area contributed by atoms with E-state index < -0.39 is 0 Å². The van der Waals surface area contributed by atoms with E-state index in [9.17, 15) is 9.59 Å². The molecule has 0 spiro atoms. The summed E-state index contributed by atoms with van der Waals surface area (Å²) in [5.74, 6) is -0.00735. The van der Waals surface area contributed by atoms with Crippen LogP contribution < -0.4 is 0 Å². The largest absolute Gasteiger partial charge is 0.340 e. The lowest BCUT2D eigenvalue weighted by molar-refractivity contribution is -0.118. The van der Waals surface area contributed by atoms with Crippen molar-refractivity contribution in [3.05, 3.63) is 47.0 Å². The average Bonchev–Trinajstić information content (AvgIpc) is 3.00. The molecule has 2 aromatic heterocycles. The summed E-state index contributed by atoms with van der Waals surface area (Å²) in [7, 11) is 0. The van der Waals surface area contributed by atoms with Crippen LogP contribution in [-0.2, 0) is 24.3 Å². The van der Waals surface area contributed by atoms with E-state index in [1.54, 1.807) is 17.3 Å². The van der Waals surface area contributed by atoms with Crippen molar-refractivity contribution < 1.29 is 9.59 Å². The van der Waals surface area contributed by atoms with E-state index in [4.69, 9.17) is 0 Å². The van der Waals surface area contributed by atoms with Crippen LogP contribution in [0.15, 0.2) is 24.5 Å². The number of aromatic nitrogens is 3. The van der Waals surface area contributed by atoms with Gasteiger partial charge in [-0.05, 0) is 24.6 Å². The lowest BCUT2D eigenvalue weighted by Gasteiger charge is -2.33. The van der Waals surface area contributed by atoms with E-state index in [0.29, 0.717) is 38.3 Å². The van der Waals surface area contributed by atoms with Crippen LogP contribution in [0.2, 0.25) is 0 Å². The van der Waals surface area contributed by atoms with Crippen molar-refractivity contribution in [2.24, 2.45) is 0 Å². The molecule has 24 heavy (non-hydrogen) atoms. The van der Waals surface area contributed by atoms with Gasteiger partial charge in [0.2, 0.25) is 6.41 Å². The number of nitrogens with zero attached hydrogens (tertiary/aromatic N) is 5. The predicted octanol–water partition coefficient (Wildman–Crippen LogP) is 1.01. The fourth-order valence-electron chi connectivity index (χ4n) is 3.57. The Hall–Kier alpha value is -2.70. The van der Waals surface area contributed by atoms with Gasteiger partial charge in [-0.3, -0.25) is 19.3 Å². The third kappa shape index (κ3) is 2.28. The summed E-state index contributed by atoms with van der Waals surface area (Å²) in [6.45, 7) is 4.48. The van der Waals surface area contributed by atoms with Crippen LogP contribution in [-0.4, -0.2) is 50.0 Å². The van der Waals surface area contributed by atoms with Crippen molar-refractivity contribution >= 4 is 12.3 Å². The van der Waals surface area contributed by atoms with Gasteiger partial charge in [-0.15, -0.1) is 0 Å². The molecule has 7 nitrogen and oxygen atoms in total. The zero-order chi connectivity index (χ0) is 16.7. The van der Waals surface area contributed by atoms with E-state index in [0.717, 1.165) is 23.2 Å². The number of amides is 2. The van der Waals surface area contributed by atoms with E-state index in [-0.39, 0.29) is 11.9 Å². The Labute approximate surface area is 139 Å². The maximum Gasteiger partial charge on any atom is 0.273 e. The summed E-state index contributed by atoms with van der Waals surface area (Å²) in [6, 6.07) is 3.85. The molecular weight excluding hydrogens is 306 g/mol. The van der Waals surface area contributed by atoms with Gasteiger partial charge in [-0.1, -0.05) is 0 Å². The number of hydrogen-bond donors (Lipinski definition) is 0. The van der Waals surface area contributed by atoms with Crippen molar-refractivity contribution in [1.82, 2.24) is 24.6 Å². The van der Waals surface area contributed by atoms with Gasteiger partial charge in [-0.25, -0.2) is 0 Å². The Morgan fingerprint density at radius 1 is 1.21 bits per heavy atom. The van der Waals surface area contributed by atoms with Gasteiger partial charge in [0.05, 0.1) is 18.3 Å². The SMILES string of the molecule is CC(c1ccncc1)N1CCn2nc3c(c2C1=O)CN(C=O)CC3. The zero-order valence-corrected chi connectivity index (χ0v) is 13.6. The molecule has 1 unspecified atom stereocenters. The molecule has 2 aliphatic rings. The minimum absolute atomic E-state index is 0.00735. The Bertz CT molecular complexity index is 786. The highest BCUT2D eigenvalue weighted by Gasteiger charge is 2.35. The third-order valence-electron chi connectivity index (χ3n) is 4.95. The molecular formula is C17H19N5O2. The van der Waals surface area contributed by atoms with Crippen molar-refractivity contribution in [2.45, 2.75) is 32.5 Å². The van der Waals surface area contributed by atoms with Crippen molar-refractivity contribution in [3.63, 3.8) is 0 Å². The fourth-order valence-corrected chi connectivity index (χ4v) is 3.57. The van der Waals surface area contributed by atoms with Gasteiger partial charge in [0.1, 0.15) is 5.69 Å². The Morgan fingerprint density at radius 2 is 2.00 bits per heavy atom. The van der Waals surface area contributed by atoms with Crippen molar-refractivity contribution in [1.29, 1.82) is 0 Å². The minimum Gasteiger partial charge on any atom is -0.340 e. The van der Waals surface area contributed by atoms with Crippen LogP contribution in [0.5, 0.6) is 0 Å². The number of hydrogen-bond acceptors (Lipinski definition) is 4. The van der Waals surface area contributed by atoms with E-state index >= 15 is 0 Å². The van der Waals surface area contributed by atoms with Gasteiger partial charge in [-0.2, -0.15) is 5.10 Å². The molecule has 0 saturated carbocycles.